The summed E-state index contributed by atoms with van der Waals surface area (Å²) in [5.41, 5.74) is 1.79. The van der Waals surface area contributed by atoms with Crippen molar-refractivity contribution in [1.29, 1.82) is 0 Å². The monoisotopic (exact) mass is 314 g/mol. The van der Waals surface area contributed by atoms with Crippen LogP contribution in [0.15, 0.2) is 24.3 Å². The van der Waals surface area contributed by atoms with Gasteiger partial charge in [-0.15, -0.1) is 0 Å². The maximum Gasteiger partial charge on any atom is 0.254 e. The van der Waals surface area contributed by atoms with Gasteiger partial charge in [0.1, 0.15) is 0 Å². The summed E-state index contributed by atoms with van der Waals surface area (Å²) in [5.74, 6) is 0.843. The molecule has 4 nitrogen and oxygen atoms in total. The van der Waals surface area contributed by atoms with E-state index < -0.39 is 0 Å². The Bertz CT molecular complexity index is 565. The van der Waals surface area contributed by atoms with Gasteiger partial charge in [-0.05, 0) is 49.3 Å². The highest BCUT2D eigenvalue weighted by Gasteiger charge is 2.35. The molecule has 0 spiro atoms. The SMILES string of the molecule is CC(=O)NCc1ccc(C(=O)N2CCCC3CCCCC32)cc1. The van der Waals surface area contributed by atoms with Crippen LogP contribution in [0.5, 0.6) is 0 Å². The Kier molecular flexibility index (Phi) is 4.99. The van der Waals surface area contributed by atoms with Crippen LogP contribution in [0.3, 0.4) is 0 Å². The third-order valence-corrected chi connectivity index (χ3v) is 5.25. The minimum absolute atomic E-state index is 0.0400. The minimum atomic E-state index is -0.0400. The Morgan fingerprint density at radius 3 is 2.52 bits per heavy atom. The van der Waals surface area contributed by atoms with E-state index in [1.807, 2.05) is 24.3 Å². The van der Waals surface area contributed by atoms with Gasteiger partial charge in [-0.3, -0.25) is 9.59 Å². The van der Waals surface area contributed by atoms with E-state index in [-0.39, 0.29) is 11.8 Å². The molecule has 1 N–H and O–H groups in total. The van der Waals surface area contributed by atoms with Gasteiger partial charge >= 0.3 is 0 Å². The van der Waals surface area contributed by atoms with Gasteiger partial charge in [0.25, 0.3) is 5.91 Å². The molecule has 1 aromatic carbocycles. The van der Waals surface area contributed by atoms with Gasteiger partial charge in [0.05, 0.1) is 0 Å². The van der Waals surface area contributed by atoms with E-state index in [1.54, 1.807) is 0 Å². The zero-order valence-electron chi connectivity index (χ0n) is 13.9. The van der Waals surface area contributed by atoms with Crippen molar-refractivity contribution < 1.29 is 9.59 Å². The first kappa shape index (κ1) is 16.0. The number of nitrogens with zero attached hydrogens (tertiary/aromatic N) is 1. The molecule has 23 heavy (non-hydrogen) atoms. The Morgan fingerprint density at radius 1 is 1.09 bits per heavy atom. The number of fused-ring (bicyclic) bond motifs is 1. The van der Waals surface area contributed by atoms with Crippen molar-refractivity contribution in [3.8, 4) is 0 Å². The lowest BCUT2D eigenvalue weighted by atomic mass is 9.78. The van der Waals surface area contributed by atoms with Crippen LogP contribution in [0.1, 0.15) is 61.4 Å². The Balaban J connectivity index is 1.68. The number of amides is 2. The van der Waals surface area contributed by atoms with Gasteiger partial charge < -0.3 is 10.2 Å². The van der Waals surface area contributed by atoms with Crippen LogP contribution in [0.4, 0.5) is 0 Å². The second kappa shape index (κ2) is 7.16. The molecule has 1 aliphatic heterocycles. The van der Waals surface area contributed by atoms with Crippen LogP contribution >= 0.6 is 0 Å². The van der Waals surface area contributed by atoms with Gasteiger partial charge in [-0.25, -0.2) is 0 Å². The molecular weight excluding hydrogens is 288 g/mol. The van der Waals surface area contributed by atoms with Crippen LogP contribution < -0.4 is 5.32 Å². The zero-order chi connectivity index (χ0) is 16.2. The molecule has 2 amide bonds. The third-order valence-electron chi connectivity index (χ3n) is 5.25. The van der Waals surface area contributed by atoms with E-state index in [2.05, 4.69) is 10.2 Å². The molecule has 2 unspecified atom stereocenters. The molecular formula is C19H26N2O2. The van der Waals surface area contributed by atoms with Crippen LogP contribution in [-0.4, -0.2) is 29.3 Å². The molecule has 1 heterocycles. The van der Waals surface area contributed by atoms with Crippen LogP contribution in [0.2, 0.25) is 0 Å². The largest absolute Gasteiger partial charge is 0.352 e. The summed E-state index contributed by atoms with van der Waals surface area (Å²) < 4.78 is 0. The van der Waals surface area contributed by atoms with E-state index in [9.17, 15) is 9.59 Å². The minimum Gasteiger partial charge on any atom is -0.352 e. The Labute approximate surface area is 138 Å². The first-order valence-electron chi connectivity index (χ1n) is 8.79. The first-order chi connectivity index (χ1) is 11.1. The molecule has 1 saturated carbocycles. The lowest BCUT2D eigenvalue weighted by Crippen LogP contribution is -2.49. The van der Waals surface area contributed by atoms with Gasteiger partial charge in [-0.2, -0.15) is 0 Å². The topological polar surface area (TPSA) is 49.4 Å². The number of likely N-dealkylation sites (tertiary alicyclic amines) is 1. The quantitative estimate of drug-likeness (QED) is 0.932. The summed E-state index contributed by atoms with van der Waals surface area (Å²) >= 11 is 0. The second-order valence-electron chi connectivity index (χ2n) is 6.86. The molecule has 1 aliphatic carbocycles. The average molecular weight is 314 g/mol. The number of nitrogens with one attached hydrogen (secondary N) is 1. The van der Waals surface area contributed by atoms with Crippen molar-refractivity contribution in [3.63, 3.8) is 0 Å². The van der Waals surface area contributed by atoms with Gasteiger partial charge in [0.15, 0.2) is 0 Å². The van der Waals surface area contributed by atoms with Crippen LogP contribution in [-0.2, 0) is 11.3 Å². The lowest BCUT2D eigenvalue weighted by molar-refractivity contribution is -0.119. The highest BCUT2D eigenvalue weighted by Crippen LogP contribution is 2.35. The highest BCUT2D eigenvalue weighted by molar-refractivity contribution is 5.94. The molecule has 2 atom stereocenters. The number of benzene rings is 1. The first-order valence-corrected chi connectivity index (χ1v) is 8.79. The molecule has 124 valence electrons. The number of piperidine rings is 1. The number of carbonyl (C=O) groups excluding carboxylic acids is 2. The maximum absolute atomic E-state index is 12.9. The van der Waals surface area contributed by atoms with Crippen molar-refractivity contribution in [1.82, 2.24) is 10.2 Å². The number of rotatable bonds is 3. The van der Waals surface area contributed by atoms with E-state index in [0.29, 0.717) is 18.5 Å². The Hall–Kier alpha value is -1.84. The van der Waals surface area contributed by atoms with Crippen molar-refractivity contribution >= 4 is 11.8 Å². The molecule has 0 aromatic heterocycles. The summed E-state index contributed by atoms with van der Waals surface area (Å²) in [6.07, 6.45) is 7.43. The molecule has 2 aliphatic rings. The highest BCUT2D eigenvalue weighted by atomic mass is 16.2. The number of hydrogen-bond acceptors (Lipinski definition) is 2. The van der Waals surface area contributed by atoms with E-state index in [4.69, 9.17) is 0 Å². The average Bonchev–Trinajstić information content (AvgIpc) is 2.59. The van der Waals surface area contributed by atoms with Gasteiger partial charge in [-0.1, -0.05) is 25.0 Å². The fourth-order valence-corrected chi connectivity index (χ4v) is 4.03. The van der Waals surface area contributed by atoms with Crippen LogP contribution in [0, 0.1) is 5.92 Å². The second-order valence-corrected chi connectivity index (χ2v) is 6.86. The molecule has 0 radical (unpaired) electrons. The van der Waals surface area contributed by atoms with E-state index >= 15 is 0 Å². The zero-order valence-corrected chi connectivity index (χ0v) is 13.9. The summed E-state index contributed by atoms with van der Waals surface area (Å²) in [4.78, 5) is 26.0. The molecule has 0 bridgehead atoms. The molecule has 1 aromatic rings. The van der Waals surface area contributed by atoms with Gasteiger partial charge in [0, 0.05) is 31.6 Å². The standard InChI is InChI=1S/C19H26N2O2/c1-14(22)20-13-15-8-10-17(11-9-15)19(23)21-12-4-6-16-5-2-3-7-18(16)21/h8-11,16,18H,2-7,12-13H2,1H3,(H,20,22). The van der Waals surface area contributed by atoms with E-state index in [1.165, 1.54) is 32.6 Å². The van der Waals surface area contributed by atoms with Crippen molar-refractivity contribution in [2.45, 2.75) is 58.0 Å². The van der Waals surface area contributed by atoms with Crippen molar-refractivity contribution in [3.05, 3.63) is 35.4 Å². The van der Waals surface area contributed by atoms with Crippen molar-refractivity contribution in [2.24, 2.45) is 5.92 Å². The Morgan fingerprint density at radius 2 is 1.78 bits per heavy atom. The normalized spacial score (nSPS) is 24.0. The lowest BCUT2D eigenvalue weighted by Gasteiger charge is -2.44. The van der Waals surface area contributed by atoms with Crippen LogP contribution in [0.25, 0.3) is 0 Å². The molecule has 2 fully saturated rings. The summed E-state index contributed by atoms with van der Waals surface area (Å²) in [6, 6.07) is 8.11. The summed E-state index contributed by atoms with van der Waals surface area (Å²) in [5, 5.41) is 2.78. The number of hydrogen-bond donors (Lipinski definition) is 1. The summed E-state index contributed by atoms with van der Waals surface area (Å²) in [7, 11) is 0. The smallest absolute Gasteiger partial charge is 0.254 e. The predicted octanol–water partition coefficient (Wildman–Crippen LogP) is 3.12. The molecule has 1 saturated heterocycles. The third kappa shape index (κ3) is 3.74. The number of carbonyl (C=O) groups is 2. The predicted molar refractivity (Wildman–Crippen MR) is 90.0 cm³/mol. The summed E-state index contributed by atoms with van der Waals surface area (Å²) in [6.45, 7) is 2.92. The maximum atomic E-state index is 12.9. The fraction of sp³-hybridized carbons (Fsp3) is 0.579. The van der Waals surface area contributed by atoms with E-state index in [0.717, 1.165) is 30.5 Å². The van der Waals surface area contributed by atoms with Crippen molar-refractivity contribution in [2.75, 3.05) is 6.54 Å². The fourth-order valence-electron chi connectivity index (χ4n) is 4.03. The van der Waals surface area contributed by atoms with Gasteiger partial charge in [0.2, 0.25) is 5.91 Å². The molecule has 4 heteroatoms. The molecule has 3 rings (SSSR count).